The predicted octanol–water partition coefficient (Wildman–Crippen LogP) is 3.67. The second kappa shape index (κ2) is 9.21. The number of nitrogens with one attached hydrogen (secondary N) is 2. The summed E-state index contributed by atoms with van der Waals surface area (Å²) in [6.45, 7) is 3.06. The molecule has 0 aliphatic carbocycles. The number of urea groups is 1. The number of aromatic nitrogens is 1. The number of hydrogen-bond donors (Lipinski definition) is 2. The van der Waals surface area contributed by atoms with E-state index < -0.39 is 35.1 Å². The Hall–Kier alpha value is -4.80. The fourth-order valence-corrected chi connectivity index (χ4v) is 3.82. The van der Waals surface area contributed by atoms with E-state index in [1.807, 2.05) is 18.4 Å². The average Bonchev–Trinajstić information content (AvgIpc) is 3.24. The van der Waals surface area contributed by atoms with Gasteiger partial charge in [-0.05, 0) is 55.8 Å². The Morgan fingerprint density at radius 2 is 1.83 bits per heavy atom. The average molecular weight is 477 g/mol. The lowest BCUT2D eigenvalue weighted by molar-refractivity contribution is -0.384. The van der Waals surface area contributed by atoms with Crippen molar-refractivity contribution in [2.75, 3.05) is 11.9 Å². The van der Waals surface area contributed by atoms with Crippen molar-refractivity contribution in [3.63, 3.8) is 0 Å². The van der Waals surface area contributed by atoms with Crippen LogP contribution in [0.1, 0.15) is 17.0 Å². The molecule has 35 heavy (non-hydrogen) atoms. The van der Waals surface area contributed by atoms with Crippen LogP contribution in [0.25, 0.3) is 11.8 Å². The Morgan fingerprint density at radius 3 is 2.49 bits per heavy atom. The van der Waals surface area contributed by atoms with E-state index in [4.69, 9.17) is 0 Å². The SMILES string of the molecule is Cc1cc(/C=C2\NC(=O)N(CC(=O)Nc3ccccc3F)C2=O)c(C)n1-c1ccc([N+](=O)[O-])cc1. The van der Waals surface area contributed by atoms with Crippen molar-refractivity contribution in [1.29, 1.82) is 0 Å². The molecule has 1 aliphatic rings. The molecule has 178 valence electrons. The highest BCUT2D eigenvalue weighted by atomic mass is 19.1. The van der Waals surface area contributed by atoms with Crippen molar-refractivity contribution in [3.05, 3.63) is 93.2 Å². The third-order valence-corrected chi connectivity index (χ3v) is 5.50. The third-order valence-electron chi connectivity index (χ3n) is 5.50. The van der Waals surface area contributed by atoms with Gasteiger partial charge in [-0.1, -0.05) is 12.1 Å². The molecule has 0 saturated carbocycles. The molecule has 0 spiro atoms. The Kier molecular flexibility index (Phi) is 6.15. The Balaban J connectivity index is 1.53. The number of imide groups is 1. The zero-order chi connectivity index (χ0) is 25.3. The second-order valence-corrected chi connectivity index (χ2v) is 7.84. The molecule has 2 aromatic carbocycles. The van der Waals surface area contributed by atoms with Gasteiger partial charge in [0.15, 0.2) is 0 Å². The molecule has 10 nitrogen and oxygen atoms in total. The minimum atomic E-state index is -0.769. The van der Waals surface area contributed by atoms with E-state index >= 15 is 0 Å². The molecular formula is C24H20FN5O5. The van der Waals surface area contributed by atoms with Gasteiger partial charge in [0.25, 0.3) is 11.6 Å². The van der Waals surface area contributed by atoms with Crippen molar-refractivity contribution in [1.82, 2.24) is 14.8 Å². The number of para-hydroxylation sites is 1. The van der Waals surface area contributed by atoms with Crippen molar-refractivity contribution < 1.29 is 23.7 Å². The Morgan fingerprint density at radius 1 is 1.14 bits per heavy atom. The van der Waals surface area contributed by atoms with Gasteiger partial charge in [0.05, 0.1) is 10.6 Å². The van der Waals surface area contributed by atoms with E-state index in [9.17, 15) is 28.9 Å². The van der Waals surface area contributed by atoms with Gasteiger partial charge in [-0.2, -0.15) is 0 Å². The molecule has 0 radical (unpaired) electrons. The van der Waals surface area contributed by atoms with Crippen LogP contribution in [-0.4, -0.2) is 38.8 Å². The fourth-order valence-electron chi connectivity index (χ4n) is 3.82. The number of halogens is 1. The zero-order valence-electron chi connectivity index (χ0n) is 18.7. The first-order valence-corrected chi connectivity index (χ1v) is 10.5. The molecule has 1 aromatic heterocycles. The highest BCUT2D eigenvalue weighted by molar-refractivity contribution is 6.16. The number of carbonyl (C=O) groups is 3. The number of nitrogens with zero attached hydrogens (tertiary/aromatic N) is 3. The summed E-state index contributed by atoms with van der Waals surface area (Å²) in [4.78, 5) is 48.6. The number of carbonyl (C=O) groups excluding carboxylic acids is 3. The first kappa shape index (κ1) is 23.4. The first-order valence-electron chi connectivity index (χ1n) is 10.5. The van der Waals surface area contributed by atoms with Crippen LogP contribution in [0, 0.1) is 29.8 Å². The van der Waals surface area contributed by atoms with Gasteiger partial charge in [0, 0.05) is 29.2 Å². The largest absolute Gasteiger partial charge is 0.329 e. The Labute approximate surface area is 198 Å². The van der Waals surface area contributed by atoms with Gasteiger partial charge in [0.1, 0.15) is 18.1 Å². The molecule has 3 aromatic rings. The lowest BCUT2D eigenvalue weighted by Gasteiger charge is -2.12. The molecule has 4 amide bonds. The highest BCUT2D eigenvalue weighted by Gasteiger charge is 2.35. The zero-order valence-corrected chi connectivity index (χ0v) is 18.7. The third kappa shape index (κ3) is 4.64. The molecule has 2 heterocycles. The summed E-state index contributed by atoms with van der Waals surface area (Å²) in [5, 5.41) is 15.7. The normalized spacial score (nSPS) is 14.4. The predicted molar refractivity (Wildman–Crippen MR) is 125 cm³/mol. The van der Waals surface area contributed by atoms with Crippen LogP contribution in [0.15, 0.2) is 60.3 Å². The number of anilines is 1. The molecule has 0 bridgehead atoms. The van der Waals surface area contributed by atoms with Crippen LogP contribution < -0.4 is 10.6 Å². The maximum atomic E-state index is 13.8. The van der Waals surface area contributed by atoms with Gasteiger partial charge in [0.2, 0.25) is 5.91 Å². The number of nitro groups is 1. The van der Waals surface area contributed by atoms with E-state index in [1.165, 1.54) is 36.4 Å². The van der Waals surface area contributed by atoms with Crippen LogP contribution >= 0.6 is 0 Å². The van der Waals surface area contributed by atoms with Crippen LogP contribution in [0.5, 0.6) is 0 Å². The van der Waals surface area contributed by atoms with Crippen molar-refractivity contribution in [3.8, 4) is 5.69 Å². The van der Waals surface area contributed by atoms with E-state index in [1.54, 1.807) is 24.3 Å². The lowest BCUT2D eigenvalue weighted by Crippen LogP contribution is -2.38. The summed E-state index contributed by atoms with van der Waals surface area (Å²) in [6.07, 6.45) is 1.50. The summed E-state index contributed by atoms with van der Waals surface area (Å²) < 4.78 is 15.6. The smallest absolute Gasteiger partial charge is 0.322 e. The summed E-state index contributed by atoms with van der Waals surface area (Å²) >= 11 is 0. The second-order valence-electron chi connectivity index (χ2n) is 7.84. The summed E-state index contributed by atoms with van der Waals surface area (Å²) in [6, 6.07) is 12.6. The minimum Gasteiger partial charge on any atom is -0.322 e. The number of benzene rings is 2. The summed E-state index contributed by atoms with van der Waals surface area (Å²) in [5.74, 6) is -2.06. The lowest BCUT2D eigenvalue weighted by atomic mass is 10.2. The van der Waals surface area contributed by atoms with E-state index in [0.29, 0.717) is 11.3 Å². The fraction of sp³-hybridized carbons (Fsp3) is 0.125. The number of nitro benzene ring substituents is 1. The molecule has 0 atom stereocenters. The van der Waals surface area contributed by atoms with E-state index in [2.05, 4.69) is 10.6 Å². The first-order chi connectivity index (χ1) is 16.7. The van der Waals surface area contributed by atoms with Gasteiger partial charge in [-0.3, -0.25) is 19.7 Å². The number of non-ortho nitro benzene ring substituents is 1. The van der Waals surface area contributed by atoms with Crippen molar-refractivity contribution in [2.24, 2.45) is 0 Å². The van der Waals surface area contributed by atoms with Gasteiger partial charge in [-0.15, -0.1) is 0 Å². The molecule has 11 heteroatoms. The van der Waals surface area contributed by atoms with Crippen LogP contribution in [-0.2, 0) is 9.59 Å². The van der Waals surface area contributed by atoms with Crippen molar-refractivity contribution >= 4 is 35.3 Å². The standard InChI is InChI=1S/C24H20FN5O5/c1-14-11-16(15(2)29(14)17-7-9-18(10-8-17)30(34)35)12-21-23(32)28(24(33)27-21)13-22(31)26-20-6-4-3-5-19(20)25/h3-12H,13H2,1-2H3,(H,26,31)(H,27,33)/b21-12-. The number of rotatable bonds is 6. The van der Waals surface area contributed by atoms with Crippen LogP contribution in [0.3, 0.4) is 0 Å². The molecule has 1 aliphatic heterocycles. The molecule has 4 rings (SSSR count). The van der Waals surface area contributed by atoms with Crippen LogP contribution in [0.4, 0.5) is 20.6 Å². The number of amides is 4. The van der Waals surface area contributed by atoms with Gasteiger partial charge < -0.3 is 15.2 Å². The number of hydrogen-bond acceptors (Lipinski definition) is 5. The highest BCUT2D eigenvalue weighted by Crippen LogP contribution is 2.25. The van der Waals surface area contributed by atoms with Gasteiger partial charge >= 0.3 is 6.03 Å². The molecule has 1 fully saturated rings. The van der Waals surface area contributed by atoms with Gasteiger partial charge in [-0.25, -0.2) is 14.1 Å². The number of aryl methyl sites for hydroxylation is 1. The van der Waals surface area contributed by atoms with E-state index in [-0.39, 0.29) is 17.1 Å². The summed E-state index contributed by atoms with van der Waals surface area (Å²) in [5.41, 5.74) is 2.78. The van der Waals surface area contributed by atoms with E-state index in [0.717, 1.165) is 16.3 Å². The molecular weight excluding hydrogens is 457 g/mol. The molecule has 0 unspecified atom stereocenters. The topological polar surface area (TPSA) is 127 Å². The monoisotopic (exact) mass is 477 g/mol. The maximum absolute atomic E-state index is 13.8. The summed E-state index contributed by atoms with van der Waals surface area (Å²) in [7, 11) is 0. The maximum Gasteiger partial charge on any atom is 0.329 e. The molecule has 1 saturated heterocycles. The van der Waals surface area contributed by atoms with Crippen molar-refractivity contribution in [2.45, 2.75) is 13.8 Å². The van der Waals surface area contributed by atoms with Crippen LogP contribution in [0.2, 0.25) is 0 Å². The quantitative estimate of drug-likeness (QED) is 0.242. The molecule has 2 N–H and O–H groups in total. The Bertz CT molecular complexity index is 1390. The minimum absolute atomic E-state index is 0.0161.